The Morgan fingerprint density at radius 1 is 1.26 bits per heavy atom. The third kappa shape index (κ3) is 2.47. The van der Waals surface area contributed by atoms with Crippen LogP contribution in [0.25, 0.3) is 11.6 Å². The fourth-order valence-electron chi connectivity index (χ4n) is 1.61. The zero-order valence-electron chi connectivity index (χ0n) is 9.89. The number of nitrogens with zero attached hydrogens (tertiary/aromatic N) is 5. The number of nitrogens with two attached hydrogens (primary N) is 1. The molecule has 8 nitrogen and oxygen atoms in total. The lowest BCUT2D eigenvalue weighted by molar-refractivity contribution is 0.353. The Morgan fingerprint density at radius 2 is 2.11 bits per heavy atom. The second kappa shape index (κ2) is 4.94. The molecule has 0 unspecified atom stereocenters. The van der Waals surface area contributed by atoms with Crippen molar-refractivity contribution in [2.75, 3.05) is 0 Å². The maximum absolute atomic E-state index is 5.99. The quantitative estimate of drug-likeness (QED) is 0.697. The van der Waals surface area contributed by atoms with Crippen LogP contribution in [0.15, 0.2) is 35.5 Å². The molecule has 0 fully saturated rings. The molecule has 3 rings (SSSR count). The third-order valence-corrected chi connectivity index (χ3v) is 2.52. The van der Waals surface area contributed by atoms with Crippen LogP contribution in [0.1, 0.15) is 17.6 Å². The van der Waals surface area contributed by atoms with Gasteiger partial charge < -0.3 is 15.2 Å². The molecule has 3 aromatic heterocycles. The van der Waals surface area contributed by atoms with E-state index in [1.807, 2.05) is 0 Å². The molecule has 0 aromatic carbocycles. The average molecular weight is 257 g/mol. The predicted molar refractivity (Wildman–Crippen MR) is 64.5 cm³/mol. The largest absolute Gasteiger partial charge is 0.348 e. The van der Waals surface area contributed by atoms with Crippen LogP contribution in [0.5, 0.6) is 0 Å². The van der Waals surface area contributed by atoms with Crippen molar-refractivity contribution in [3.05, 3.63) is 42.6 Å². The van der Waals surface area contributed by atoms with E-state index < -0.39 is 6.04 Å². The first-order valence-corrected chi connectivity index (χ1v) is 5.67. The molecule has 0 amide bonds. The molecule has 19 heavy (non-hydrogen) atoms. The molecule has 0 spiro atoms. The Morgan fingerprint density at radius 3 is 2.84 bits per heavy atom. The van der Waals surface area contributed by atoms with Crippen LogP contribution in [-0.4, -0.2) is 30.1 Å². The highest BCUT2D eigenvalue weighted by Crippen LogP contribution is 2.16. The van der Waals surface area contributed by atoms with E-state index in [4.69, 9.17) is 10.3 Å². The van der Waals surface area contributed by atoms with E-state index in [0.717, 1.165) is 5.69 Å². The molecular weight excluding hydrogens is 246 g/mol. The van der Waals surface area contributed by atoms with Gasteiger partial charge in [-0.25, -0.2) is 15.0 Å². The van der Waals surface area contributed by atoms with E-state index in [-0.39, 0.29) is 0 Å². The minimum absolute atomic E-state index is 0.329. The summed E-state index contributed by atoms with van der Waals surface area (Å²) >= 11 is 0. The van der Waals surface area contributed by atoms with Gasteiger partial charge in [0.15, 0.2) is 0 Å². The van der Waals surface area contributed by atoms with Gasteiger partial charge in [-0.15, -0.1) is 0 Å². The van der Waals surface area contributed by atoms with Crippen LogP contribution >= 0.6 is 0 Å². The number of rotatable bonds is 4. The number of hydrogen-bond donors (Lipinski definition) is 2. The standard InChI is InChI=1S/C11H11N7O/c12-8(4-7-5-13-6-16-7)11-17-10(18-19-11)9-14-2-1-3-15-9/h1-3,5-6,8H,4,12H2,(H,13,16)/t8-/m0/s1. The summed E-state index contributed by atoms with van der Waals surface area (Å²) in [6.07, 6.45) is 7.07. The Kier molecular flexibility index (Phi) is 2.99. The summed E-state index contributed by atoms with van der Waals surface area (Å²) in [7, 11) is 0. The molecule has 3 aromatic rings. The van der Waals surface area contributed by atoms with Gasteiger partial charge in [-0.3, -0.25) is 0 Å². The van der Waals surface area contributed by atoms with Crippen molar-refractivity contribution in [2.24, 2.45) is 5.73 Å². The van der Waals surface area contributed by atoms with Crippen molar-refractivity contribution < 1.29 is 4.52 Å². The predicted octanol–water partition coefficient (Wildman–Crippen LogP) is 0.492. The maximum atomic E-state index is 5.99. The fraction of sp³-hybridized carbons (Fsp3) is 0.182. The maximum Gasteiger partial charge on any atom is 0.244 e. The molecule has 0 saturated carbocycles. The molecule has 3 heterocycles. The Labute approximate surface area is 108 Å². The van der Waals surface area contributed by atoms with Crippen molar-refractivity contribution in [2.45, 2.75) is 12.5 Å². The number of hydrogen-bond acceptors (Lipinski definition) is 7. The van der Waals surface area contributed by atoms with E-state index in [2.05, 4.69) is 30.1 Å². The zero-order valence-corrected chi connectivity index (χ0v) is 9.89. The van der Waals surface area contributed by atoms with E-state index in [9.17, 15) is 0 Å². The first-order valence-electron chi connectivity index (χ1n) is 5.67. The zero-order chi connectivity index (χ0) is 13.1. The lowest BCUT2D eigenvalue weighted by Crippen LogP contribution is -2.14. The molecule has 0 saturated heterocycles. The molecule has 0 aliphatic rings. The summed E-state index contributed by atoms with van der Waals surface area (Å²) in [5.41, 5.74) is 6.90. The summed E-state index contributed by atoms with van der Waals surface area (Å²) in [6.45, 7) is 0. The summed E-state index contributed by atoms with van der Waals surface area (Å²) in [4.78, 5) is 19.2. The lowest BCUT2D eigenvalue weighted by atomic mass is 10.2. The van der Waals surface area contributed by atoms with E-state index in [0.29, 0.717) is 24.0 Å². The monoisotopic (exact) mass is 257 g/mol. The van der Waals surface area contributed by atoms with Crippen molar-refractivity contribution in [3.63, 3.8) is 0 Å². The van der Waals surface area contributed by atoms with Crippen molar-refractivity contribution in [1.82, 2.24) is 30.1 Å². The smallest absolute Gasteiger partial charge is 0.244 e. The summed E-state index contributed by atoms with van der Waals surface area (Å²) < 4.78 is 5.13. The molecule has 3 N–H and O–H groups in total. The van der Waals surface area contributed by atoms with Crippen molar-refractivity contribution in [3.8, 4) is 11.6 Å². The number of imidazole rings is 1. The molecular formula is C11H11N7O. The van der Waals surface area contributed by atoms with Gasteiger partial charge in [0.25, 0.3) is 0 Å². The molecule has 1 atom stereocenters. The molecule has 0 aliphatic carbocycles. The highest BCUT2D eigenvalue weighted by molar-refractivity contribution is 5.40. The molecule has 0 aliphatic heterocycles. The fourth-order valence-corrected chi connectivity index (χ4v) is 1.61. The SMILES string of the molecule is N[C@@H](Cc1cnc[nH]1)c1nc(-c2ncccn2)no1. The Hall–Kier alpha value is -2.61. The summed E-state index contributed by atoms with van der Waals surface area (Å²) in [5.74, 6) is 1.08. The van der Waals surface area contributed by atoms with Gasteiger partial charge in [0.1, 0.15) is 0 Å². The number of aromatic nitrogens is 6. The van der Waals surface area contributed by atoms with E-state index in [1.54, 1.807) is 31.0 Å². The van der Waals surface area contributed by atoms with E-state index >= 15 is 0 Å². The van der Waals surface area contributed by atoms with Gasteiger partial charge in [0.05, 0.1) is 12.4 Å². The van der Waals surface area contributed by atoms with Gasteiger partial charge >= 0.3 is 0 Å². The number of aromatic amines is 1. The highest BCUT2D eigenvalue weighted by Gasteiger charge is 2.17. The van der Waals surface area contributed by atoms with Crippen LogP contribution in [-0.2, 0) is 6.42 Å². The highest BCUT2D eigenvalue weighted by atomic mass is 16.5. The van der Waals surface area contributed by atoms with E-state index in [1.165, 1.54) is 0 Å². The molecule has 8 heteroatoms. The third-order valence-electron chi connectivity index (χ3n) is 2.52. The van der Waals surface area contributed by atoms with Crippen LogP contribution in [0, 0.1) is 0 Å². The number of nitrogens with one attached hydrogen (secondary N) is 1. The lowest BCUT2D eigenvalue weighted by Gasteiger charge is -2.03. The van der Waals surface area contributed by atoms with Gasteiger partial charge in [-0.05, 0) is 6.07 Å². The Bertz CT molecular complexity index is 634. The van der Waals surface area contributed by atoms with Gasteiger partial charge in [-0.1, -0.05) is 5.16 Å². The molecule has 0 radical (unpaired) electrons. The van der Waals surface area contributed by atoms with Crippen molar-refractivity contribution >= 4 is 0 Å². The minimum atomic E-state index is -0.398. The first kappa shape index (κ1) is 11.5. The first-order chi connectivity index (χ1) is 9.33. The van der Waals surface area contributed by atoms with Crippen LogP contribution in [0.4, 0.5) is 0 Å². The van der Waals surface area contributed by atoms with Crippen LogP contribution < -0.4 is 5.73 Å². The normalized spacial score (nSPS) is 12.5. The minimum Gasteiger partial charge on any atom is -0.348 e. The summed E-state index contributed by atoms with van der Waals surface area (Å²) in [6, 6.07) is 1.32. The second-order valence-corrected chi connectivity index (χ2v) is 3.92. The molecule has 0 bridgehead atoms. The average Bonchev–Trinajstić information content (AvgIpc) is 3.10. The topological polar surface area (TPSA) is 119 Å². The molecule has 96 valence electrons. The Balaban J connectivity index is 1.78. The van der Waals surface area contributed by atoms with Crippen LogP contribution in [0.2, 0.25) is 0 Å². The number of H-pyrrole nitrogens is 1. The van der Waals surface area contributed by atoms with Gasteiger partial charge in [-0.2, -0.15) is 4.98 Å². The van der Waals surface area contributed by atoms with Crippen LogP contribution in [0.3, 0.4) is 0 Å². The van der Waals surface area contributed by atoms with Gasteiger partial charge in [0, 0.05) is 30.7 Å². The van der Waals surface area contributed by atoms with Crippen molar-refractivity contribution in [1.29, 1.82) is 0 Å². The van der Waals surface area contributed by atoms with Gasteiger partial charge in [0.2, 0.25) is 17.5 Å². The second-order valence-electron chi connectivity index (χ2n) is 3.92. The summed E-state index contributed by atoms with van der Waals surface area (Å²) in [5, 5.41) is 3.82.